The van der Waals surface area contributed by atoms with E-state index in [1.807, 2.05) is 49.4 Å². The number of hydrogen-bond acceptors (Lipinski definition) is 3. The van der Waals surface area contributed by atoms with Crippen molar-refractivity contribution in [3.8, 4) is 11.5 Å². The Labute approximate surface area is 126 Å². The highest BCUT2D eigenvalue weighted by Crippen LogP contribution is 2.25. The molecular formula is C18H23NO2. The monoisotopic (exact) mass is 285 g/mol. The molecule has 3 nitrogen and oxygen atoms in total. The first kappa shape index (κ1) is 15.4. The molecule has 0 saturated heterocycles. The third kappa shape index (κ3) is 4.50. The third-order valence-electron chi connectivity index (χ3n) is 3.31. The van der Waals surface area contributed by atoms with Crippen LogP contribution in [0.1, 0.15) is 30.5 Å². The molecule has 2 aromatic carbocycles. The summed E-state index contributed by atoms with van der Waals surface area (Å²) in [4.78, 5) is 0. The van der Waals surface area contributed by atoms with Gasteiger partial charge in [0.15, 0.2) is 0 Å². The number of hydrogen-bond donors (Lipinski definition) is 1. The van der Waals surface area contributed by atoms with E-state index in [2.05, 4.69) is 13.0 Å². The van der Waals surface area contributed by atoms with Crippen LogP contribution in [0.5, 0.6) is 11.5 Å². The summed E-state index contributed by atoms with van der Waals surface area (Å²) >= 11 is 0. The largest absolute Gasteiger partial charge is 0.494 e. The maximum atomic E-state index is 6.26. The quantitative estimate of drug-likeness (QED) is 0.840. The Morgan fingerprint density at radius 1 is 1.05 bits per heavy atom. The lowest BCUT2D eigenvalue weighted by molar-refractivity contribution is 0.293. The fourth-order valence-electron chi connectivity index (χ4n) is 2.24. The van der Waals surface area contributed by atoms with Crippen LogP contribution in [0.4, 0.5) is 0 Å². The summed E-state index contributed by atoms with van der Waals surface area (Å²) in [5.74, 6) is 1.75. The Hall–Kier alpha value is -2.00. The van der Waals surface area contributed by atoms with Crippen molar-refractivity contribution in [2.45, 2.75) is 26.3 Å². The van der Waals surface area contributed by atoms with Gasteiger partial charge in [-0.25, -0.2) is 0 Å². The van der Waals surface area contributed by atoms with Crippen LogP contribution in [0.2, 0.25) is 0 Å². The summed E-state index contributed by atoms with van der Waals surface area (Å²) in [6.45, 7) is 5.26. The summed E-state index contributed by atoms with van der Waals surface area (Å²) in [6, 6.07) is 15.9. The normalized spacial score (nSPS) is 12.0. The lowest BCUT2D eigenvalue weighted by Gasteiger charge is -2.16. The van der Waals surface area contributed by atoms with Crippen molar-refractivity contribution in [3.05, 3.63) is 59.7 Å². The van der Waals surface area contributed by atoms with Gasteiger partial charge in [-0.1, -0.05) is 30.3 Å². The van der Waals surface area contributed by atoms with E-state index >= 15 is 0 Å². The van der Waals surface area contributed by atoms with Crippen molar-refractivity contribution in [2.24, 2.45) is 5.73 Å². The Bertz CT molecular complexity index is 569. The van der Waals surface area contributed by atoms with Gasteiger partial charge in [-0.3, -0.25) is 0 Å². The van der Waals surface area contributed by atoms with E-state index in [0.29, 0.717) is 13.2 Å². The molecule has 0 bridgehead atoms. The molecule has 0 amide bonds. The number of benzene rings is 2. The minimum absolute atomic E-state index is 0.0856. The van der Waals surface area contributed by atoms with E-state index < -0.39 is 0 Å². The van der Waals surface area contributed by atoms with E-state index in [4.69, 9.17) is 15.2 Å². The SMILES string of the molecule is CCOc1ccccc1C(N)CCOc1cccc(C)c1. The number of para-hydroxylation sites is 1. The van der Waals surface area contributed by atoms with E-state index in [9.17, 15) is 0 Å². The molecule has 0 aliphatic rings. The lowest BCUT2D eigenvalue weighted by Crippen LogP contribution is -2.15. The number of nitrogens with two attached hydrogens (primary N) is 1. The molecule has 1 atom stereocenters. The van der Waals surface area contributed by atoms with Crippen LogP contribution in [-0.2, 0) is 0 Å². The van der Waals surface area contributed by atoms with Crippen molar-refractivity contribution in [1.82, 2.24) is 0 Å². The van der Waals surface area contributed by atoms with Crippen molar-refractivity contribution < 1.29 is 9.47 Å². The molecule has 1 unspecified atom stereocenters. The summed E-state index contributed by atoms with van der Waals surface area (Å²) < 4.78 is 11.4. The van der Waals surface area contributed by atoms with Gasteiger partial charge in [0.25, 0.3) is 0 Å². The van der Waals surface area contributed by atoms with Gasteiger partial charge in [0, 0.05) is 18.0 Å². The van der Waals surface area contributed by atoms with E-state index in [1.54, 1.807) is 0 Å². The average Bonchev–Trinajstić information content (AvgIpc) is 2.48. The third-order valence-corrected chi connectivity index (χ3v) is 3.31. The first-order valence-corrected chi connectivity index (χ1v) is 7.37. The maximum Gasteiger partial charge on any atom is 0.124 e. The minimum Gasteiger partial charge on any atom is -0.494 e. The average molecular weight is 285 g/mol. The predicted molar refractivity (Wildman–Crippen MR) is 85.8 cm³/mol. The van der Waals surface area contributed by atoms with Gasteiger partial charge >= 0.3 is 0 Å². The zero-order valence-electron chi connectivity index (χ0n) is 12.7. The van der Waals surface area contributed by atoms with Crippen LogP contribution in [0.15, 0.2) is 48.5 Å². The highest BCUT2D eigenvalue weighted by molar-refractivity contribution is 5.35. The number of ether oxygens (including phenoxy) is 2. The molecule has 112 valence electrons. The molecular weight excluding hydrogens is 262 g/mol. The summed E-state index contributed by atoms with van der Waals surface area (Å²) in [5, 5.41) is 0. The highest BCUT2D eigenvalue weighted by atomic mass is 16.5. The maximum absolute atomic E-state index is 6.26. The van der Waals surface area contributed by atoms with Crippen LogP contribution < -0.4 is 15.2 Å². The lowest BCUT2D eigenvalue weighted by atomic mass is 10.0. The van der Waals surface area contributed by atoms with Crippen LogP contribution in [0.3, 0.4) is 0 Å². The zero-order chi connectivity index (χ0) is 15.1. The molecule has 0 heterocycles. The highest BCUT2D eigenvalue weighted by Gasteiger charge is 2.11. The fourth-order valence-corrected chi connectivity index (χ4v) is 2.24. The summed E-state index contributed by atoms with van der Waals surface area (Å²) in [6.07, 6.45) is 0.748. The van der Waals surface area contributed by atoms with Gasteiger partial charge in [-0.15, -0.1) is 0 Å². The Balaban J connectivity index is 1.91. The molecule has 0 radical (unpaired) electrons. The molecule has 0 saturated carbocycles. The number of rotatable bonds is 7. The first-order valence-electron chi connectivity index (χ1n) is 7.37. The van der Waals surface area contributed by atoms with Gasteiger partial charge in [0.2, 0.25) is 0 Å². The standard InChI is InChI=1S/C18H23NO2/c1-3-20-18-10-5-4-9-16(18)17(19)11-12-21-15-8-6-7-14(2)13-15/h4-10,13,17H,3,11-12,19H2,1-2H3. The van der Waals surface area contributed by atoms with Crippen LogP contribution in [0, 0.1) is 6.92 Å². The van der Waals surface area contributed by atoms with Gasteiger partial charge in [-0.2, -0.15) is 0 Å². The Morgan fingerprint density at radius 2 is 1.86 bits per heavy atom. The van der Waals surface area contributed by atoms with Crippen LogP contribution in [-0.4, -0.2) is 13.2 Å². The molecule has 3 heteroatoms. The van der Waals surface area contributed by atoms with Crippen molar-refractivity contribution >= 4 is 0 Å². The topological polar surface area (TPSA) is 44.5 Å². The van der Waals surface area contributed by atoms with Crippen LogP contribution in [0.25, 0.3) is 0 Å². The molecule has 0 fully saturated rings. The van der Waals surface area contributed by atoms with Crippen molar-refractivity contribution in [3.63, 3.8) is 0 Å². The van der Waals surface area contributed by atoms with Crippen molar-refractivity contribution in [2.75, 3.05) is 13.2 Å². The smallest absolute Gasteiger partial charge is 0.124 e. The second-order valence-electron chi connectivity index (χ2n) is 5.03. The van der Waals surface area contributed by atoms with Crippen LogP contribution >= 0.6 is 0 Å². The van der Waals surface area contributed by atoms with E-state index in [1.165, 1.54) is 5.56 Å². The molecule has 0 aliphatic heterocycles. The molecule has 0 aromatic heterocycles. The predicted octanol–water partition coefficient (Wildman–Crippen LogP) is 3.86. The van der Waals surface area contributed by atoms with E-state index in [0.717, 1.165) is 23.5 Å². The Kier molecular flexibility index (Phi) is 5.64. The second kappa shape index (κ2) is 7.70. The second-order valence-corrected chi connectivity index (χ2v) is 5.03. The molecule has 0 aliphatic carbocycles. The number of aryl methyl sites for hydroxylation is 1. The van der Waals surface area contributed by atoms with Gasteiger partial charge < -0.3 is 15.2 Å². The fraction of sp³-hybridized carbons (Fsp3) is 0.333. The molecule has 2 rings (SSSR count). The zero-order valence-corrected chi connectivity index (χ0v) is 12.7. The molecule has 21 heavy (non-hydrogen) atoms. The van der Waals surface area contributed by atoms with Gasteiger partial charge in [0.05, 0.1) is 13.2 Å². The van der Waals surface area contributed by atoms with E-state index in [-0.39, 0.29) is 6.04 Å². The van der Waals surface area contributed by atoms with Crippen molar-refractivity contribution in [1.29, 1.82) is 0 Å². The molecule has 2 N–H and O–H groups in total. The Morgan fingerprint density at radius 3 is 2.62 bits per heavy atom. The summed E-state index contributed by atoms with van der Waals surface area (Å²) in [7, 11) is 0. The molecule has 0 spiro atoms. The van der Waals surface area contributed by atoms with Gasteiger partial charge in [0.1, 0.15) is 11.5 Å². The summed E-state index contributed by atoms with van der Waals surface area (Å²) in [5.41, 5.74) is 8.49. The minimum atomic E-state index is -0.0856. The van der Waals surface area contributed by atoms with Gasteiger partial charge in [-0.05, 0) is 37.6 Å². The molecule has 2 aromatic rings. The first-order chi connectivity index (χ1) is 10.2.